The van der Waals surface area contributed by atoms with Crippen LogP contribution in [0.15, 0.2) is 16.7 Å². The summed E-state index contributed by atoms with van der Waals surface area (Å²) in [6.45, 7) is 0. The van der Waals surface area contributed by atoms with Crippen LogP contribution in [0.1, 0.15) is 0 Å². The number of aromatic nitrogens is 2. The summed E-state index contributed by atoms with van der Waals surface area (Å²) in [6, 6.07) is 1.63. The van der Waals surface area contributed by atoms with Crippen LogP contribution in [0.4, 0.5) is 0 Å². The normalized spacial score (nSPS) is 10.8. The summed E-state index contributed by atoms with van der Waals surface area (Å²) >= 11 is 8.94. The molecule has 0 aliphatic rings. The standard InChI is InChI=1S/C7H4BrClN2O/c8-6-3-2-10-11-5(3)1-4(9)7(6)12/h1-2,12H,(H,10,11). The van der Waals surface area contributed by atoms with Crippen molar-refractivity contribution in [1.82, 2.24) is 10.2 Å². The Morgan fingerprint density at radius 3 is 3.08 bits per heavy atom. The summed E-state index contributed by atoms with van der Waals surface area (Å²) in [4.78, 5) is 0. The van der Waals surface area contributed by atoms with Crippen LogP contribution in [-0.4, -0.2) is 15.3 Å². The average molecular weight is 247 g/mol. The first-order valence-electron chi connectivity index (χ1n) is 3.20. The van der Waals surface area contributed by atoms with E-state index in [0.717, 1.165) is 10.9 Å². The van der Waals surface area contributed by atoms with Crippen LogP contribution in [0.25, 0.3) is 10.9 Å². The Kier molecular flexibility index (Phi) is 1.73. The molecule has 0 atom stereocenters. The highest BCUT2D eigenvalue weighted by atomic mass is 79.9. The number of benzene rings is 1. The number of hydrogen-bond acceptors (Lipinski definition) is 2. The van der Waals surface area contributed by atoms with Gasteiger partial charge in [0.05, 0.1) is 21.2 Å². The van der Waals surface area contributed by atoms with Gasteiger partial charge in [-0.3, -0.25) is 5.10 Å². The van der Waals surface area contributed by atoms with Crippen LogP contribution < -0.4 is 0 Å². The minimum atomic E-state index is 0.0468. The van der Waals surface area contributed by atoms with E-state index in [1.165, 1.54) is 0 Å². The predicted molar refractivity (Wildman–Crippen MR) is 50.5 cm³/mol. The quantitative estimate of drug-likeness (QED) is 0.752. The van der Waals surface area contributed by atoms with E-state index in [2.05, 4.69) is 26.1 Å². The summed E-state index contributed by atoms with van der Waals surface area (Å²) < 4.78 is 0.568. The molecule has 0 unspecified atom stereocenters. The molecule has 0 saturated heterocycles. The number of rotatable bonds is 0. The van der Waals surface area contributed by atoms with Gasteiger partial charge in [-0.25, -0.2) is 0 Å². The van der Waals surface area contributed by atoms with Gasteiger partial charge in [0.1, 0.15) is 5.75 Å². The van der Waals surface area contributed by atoms with Gasteiger partial charge in [0, 0.05) is 5.39 Å². The Morgan fingerprint density at radius 1 is 1.58 bits per heavy atom. The summed E-state index contributed by atoms with van der Waals surface area (Å²) in [5, 5.41) is 17.1. The topological polar surface area (TPSA) is 48.9 Å². The molecule has 3 nitrogen and oxygen atoms in total. The number of halogens is 2. The molecule has 2 aromatic rings. The molecule has 1 heterocycles. The molecule has 62 valence electrons. The zero-order valence-corrected chi connectivity index (χ0v) is 8.15. The second kappa shape index (κ2) is 2.64. The smallest absolute Gasteiger partial charge is 0.149 e. The third-order valence-electron chi connectivity index (χ3n) is 1.61. The van der Waals surface area contributed by atoms with Gasteiger partial charge in [-0.1, -0.05) is 11.6 Å². The van der Waals surface area contributed by atoms with Crippen molar-refractivity contribution < 1.29 is 5.11 Å². The molecule has 1 aromatic heterocycles. The fraction of sp³-hybridized carbons (Fsp3) is 0. The first-order valence-corrected chi connectivity index (χ1v) is 4.37. The lowest BCUT2D eigenvalue weighted by Gasteiger charge is -1.99. The minimum Gasteiger partial charge on any atom is -0.505 e. The minimum absolute atomic E-state index is 0.0468. The molecule has 2 N–H and O–H groups in total. The van der Waals surface area contributed by atoms with Crippen LogP contribution in [-0.2, 0) is 0 Å². The number of nitrogens with one attached hydrogen (secondary N) is 1. The molecule has 0 aliphatic heterocycles. The van der Waals surface area contributed by atoms with Crippen LogP contribution in [0, 0.1) is 0 Å². The van der Waals surface area contributed by atoms with Crippen molar-refractivity contribution in [2.24, 2.45) is 0 Å². The highest BCUT2D eigenvalue weighted by Crippen LogP contribution is 2.37. The zero-order chi connectivity index (χ0) is 8.72. The highest BCUT2D eigenvalue weighted by molar-refractivity contribution is 9.10. The fourth-order valence-corrected chi connectivity index (χ4v) is 1.86. The van der Waals surface area contributed by atoms with Gasteiger partial charge in [0.25, 0.3) is 0 Å². The van der Waals surface area contributed by atoms with Crippen LogP contribution >= 0.6 is 27.5 Å². The van der Waals surface area contributed by atoms with Gasteiger partial charge < -0.3 is 5.11 Å². The van der Waals surface area contributed by atoms with Crippen molar-refractivity contribution in [3.63, 3.8) is 0 Å². The summed E-state index contributed by atoms with van der Waals surface area (Å²) in [6.07, 6.45) is 1.62. The summed E-state index contributed by atoms with van der Waals surface area (Å²) in [5.41, 5.74) is 0.796. The molecule has 0 spiro atoms. The molecule has 0 fully saturated rings. The Morgan fingerprint density at radius 2 is 2.33 bits per heavy atom. The van der Waals surface area contributed by atoms with Crippen LogP contribution in [0.3, 0.4) is 0 Å². The SMILES string of the molecule is Oc1c(Cl)cc2[nH]ncc2c1Br. The average Bonchev–Trinajstić information content (AvgIpc) is 2.48. The lowest BCUT2D eigenvalue weighted by molar-refractivity contribution is 0.473. The number of nitrogens with zero attached hydrogens (tertiary/aromatic N) is 1. The summed E-state index contributed by atoms with van der Waals surface area (Å²) in [5.74, 6) is 0.0468. The van der Waals surface area contributed by atoms with Crippen molar-refractivity contribution >= 4 is 38.4 Å². The Labute approximate surface area is 81.5 Å². The highest BCUT2D eigenvalue weighted by Gasteiger charge is 2.09. The number of fused-ring (bicyclic) bond motifs is 1. The molecular weight excluding hydrogens is 243 g/mol. The van der Waals surface area contributed by atoms with Gasteiger partial charge in [0.2, 0.25) is 0 Å². The first-order chi connectivity index (χ1) is 5.70. The number of aromatic amines is 1. The molecule has 2 rings (SSSR count). The predicted octanol–water partition coefficient (Wildman–Crippen LogP) is 2.68. The fourth-order valence-electron chi connectivity index (χ4n) is 1.01. The van der Waals surface area contributed by atoms with Crippen molar-refractivity contribution in [3.05, 3.63) is 21.8 Å². The molecule has 0 radical (unpaired) electrons. The number of H-pyrrole nitrogens is 1. The Hall–Kier alpha value is -0.740. The van der Waals surface area contributed by atoms with E-state index in [1.54, 1.807) is 12.3 Å². The van der Waals surface area contributed by atoms with E-state index in [-0.39, 0.29) is 5.75 Å². The van der Waals surface area contributed by atoms with E-state index in [9.17, 15) is 5.11 Å². The number of phenolic OH excluding ortho intramolecular Hbond substituents is 1. The maximum Gasteiger partial charge on any atom is 0.149 e. The van der Waals surface area contributed by atoms with Gasteiger partial charge in [-0.05, 0) is 22.0 Å². The van der Waals surface area contributed by atoms with Gasteiger partial charge in [-0.2, -0.15) is 5.10 Å². The third-order valence-corrected chi connectivity index (χ3v) is 2.70. The Balaban J connectivity index is 2.94. The second-order valence-corrected chi connectivity index (χ2v) is 3.55. The van der Waals surface area contributed by atoms with Gasteiger partial charge >= 0.3 is 0 Å². The monoisotopic (exact) mass is 246 g/mol. The molecule has 0 bridgehead atoms. The largest absolute Gasteiger partial charge is 0.505 e. The molecule has 5 heteroatoms. The van der Waals surface area contributed by atoms with Crippen molar-refractivity contribution in [3.8, 4) is 5.75 Å². The van der Waals surface area contributed by atoms with Crippen molar-refractivity contribution in [2.75, 3.05) is 0 Å². The molecule has 0 saturated carbocycles. The Bertz CT molecular complexity index is 440. The lowest BCUT2D eigenvalue weighted by Crippen LogP contribution is -1.74. The number of phenols is 1. The maximum absolute atomic E-state index is 9.40. The van der Waals surface area contributed by atoms with E-state index in [0.29, 0.717) is 9.50 Å². The van der Waals surface area contributed by atoms with Crippen LogP contribution in [0.2, 0.25) is 5.02 Å². The van der Waals surface area contributed by atoms with E-state index in [4.69, 9.17) is 11.6 Å². The zero-order valence-electron chi connectivity index (χ0n) is 5.81. The van der Waals surface area contributed by atoms with E-state index < -0.39 is 0 Å². The molecule has 12 heavy (non-hydrogen) atoms. The first kappa shape index (κ1) is 7.89. The molecule has 1 aromatic carbocycles. The van der Waals surface area contributed by atoms with Gasteiger partial charge in [0.15, 0.2) is 0 Å². The summed E-state index contributed by atoms with van der Waals surface area (Å²) in [7, 11) is 0. The van der Waals surface area contributed by atoms with Crippen molar-refractivity contribution in [1.29, 1.82) is 0 Å². The van der Waals surface area contributed by atoms with Crippen LogP contribution in [0.5, 0.6) is 5.75 Å². The number of hydrogen-bond donors (Lipinski definition) is 2. The maximum atomic E-state index is 9.40. The van der Waals surface area contributed by atoms with Crippen molar-refractivity contribution in [2.45, 2.75) is 0 Å². The molecule has 0 aliphatic carbocycles. The molecular formula is C7H4BrClN2O. The van der Waals surface area contributed by atoms with E-state index in [1.807, 2.05) is 0 Å². The lowest BCUT2D eigenvalue weighted by atomic mass is 10.2. The van der Waals surface area contributed by atoms with E-state index >= 15 is 0 Å². The van der Waals surface area contributed by atoms with Gasteiger partial charge in [-0.15, -0.1) is 0 Å². The third kappa shape index (κ3) is 0.990. The second-order valence-electron chi connectivity index (χ2n) is 2.35. The number of aromatic hydroxyl groups is 1. The molecule has 0 amide bonds.